The highest BCUT2D eigenvalue weighted by molar-refractivity contribution is 5.88. The van der Waals surface area contributed by atoms with Crippen LogP contribution in [0.3, 0.4) is 0 Å². The molecule has 2 amide bonds. The molecule has 0 aliphatic heterocycles. The Bertz CT molecular complexity index is 814. The van der Waals surface area contributed by atoms with E-state index in [9.17, 15) is 9.59 Å². The minimum Gasteiger partial charge on any atom is -0.352 e. The van der Waals surface area contributed by atoms with Gasteiger partial charge in [-0.05, 0) is 44.7 Å². The van der Waals surface area contributed by atoms with E-state index in [-0.39, 0.29) is 17.9 Å². The van der Waals surface area contributed by atoms with E-state index in [0.29, 0.717) is 19.4 Å². The van der Waals surface area contributed by atoms with Crippen molar-refractivity contribution in [1.29, 1.82) is 0 Å². The lowest BCUT2D eigenvalue weighted by Gasteiger charge is -2.31. The van der Waals surface area contributed by atoms with Gasteiger partial charge < -0.3 is 10.2 Å². The van der Waals surface area contributed by atoms with Crippen molar-refractivity contribution in [3.05, 3.63) is 70.8 Å². The number of rotatable bonds is 9. The molecule has 0 aliphatic carbocycles. The van der Waals surface area contributed by atoms with Crippen LogP contribution in [0.4, 0.5) is 0 Å². The van der Waals surface area contributed by atoms with Crippen molar-refractivity contribution >= 4 is 11.8 Å². The topological polar surface area (TPSA) is 49.4 Å². The van der Waals surface area contributed by atoms with Crippen molar-refractivity contribution < 1.29 is 9.59 Å². The molecule has 0 aliphatic rings. The second-order valence-electron chi connectivity index (χ2n) is 7.91. The summed E-state index contributed by atoms with van der Waals surface area (Å²) in [4.78, 5) is 28.0. The zero-order valence-corrected chi connectivity index (χ0v) is 18.4. The van der Waals surface area contributed by atoms with Crippen LogP contribution in [0.1, 0.15) is 55.9 Å². The summed E-state index contributed by atoms with van der Waals surface area (Å²) in [6.45, 7) is 10.5. The Morgan fingerprint density at radius 2 is 1.62 bits per heavy atom. The number of aryl methyl sites for hydroxylation is 2. The standard InChI is InChI=1S/C25H34N2O2/c1-6-20(5)26-25(29)23(7-2)27(17-22-10-8-9-19(4)15-22)24(28)16-21-13-11-18(3)12-14-21/h8-15,20,23H,6-7,16-17H2,1-5H3,(H,26,29)/t20-,23+/m0/s1. The van der Waals surface area contributed by atoms with Crippen molar-refractivity contribution in [2.45, 2.75) is 72.5 Å². The van der Waals surface area contributed by atoms with Crippen LogP contribution in [0, 0.1) is 13.8 Å². The van der Waals surface area contributed by atoms with Crippen molar-refractivity contribution in [2.24, 2.45) is 0 Å². The highest BCUT2D eigenvalue weighted by Crippen LogP contribution is 2.16. The summed E-state index contributed by atoms with van der Waals surface area (Å²) in [5, 5.41) is 3.05. The number of amides is 2. The lowest BCUT2D eigenvalue weighted by atomic mass is 10.0. The number of benzene rings is 2. The fourth-order valence-corrected chi connectivity index (χ4v) is 3.35. The molecule has 0 radical (unpaired) electrons. The third-order valence-electron chi connectivity index (χ3n) is 5.30. The molecule has 2 atom stereocenters. The van der Waals surface area contributed by atoms with Crippen LogP contribution in [0.15, 0.2) is 48.5 Å². The van der Waals surface area contributed by atoms with Gasteiger partial charge in [0.1, 0.15) is 6.04 Å². The molecule has 2 aromatic rings. The van der Waals surface area contributed by atoms with E-state index in [2.05, 4.69) is 11.4 Å². The molecule has 4 nitrogen and oxygen atoms in total. The van der Waals surface area contributed by atoms with Crippen LogP contribution in [-0.2, 0) is 22.6 Å². The summed E-state index contributed by atoms with van der Waals surface area (Å²) in [5.41, 5.74) is 4.31. The lowest BCUT2D eigenvalue weighted by molar-refractivity contribution is -0.141. The normalized spacial score (nSPS) is 12.9. The zero-order valence-electron chi connectivity index (χ0n) is 18.4. The molecule has 0 unspecified atom stereocenters. The minimum absolute atomic E-state index is 0.0264. The van der Waals surface area contributed by atoms with Gasteiger partial charge in [0.15, 0.2) is 0 Å². The fourth-order valence-electron chi connectivity index (χ4n) is 3.35. The number of carbonyl (C=O) groups is 2. The molecule has 0 fully saturated rings. The van der Waals surface area contributed by atoms with Gasteiger partial charge in [0, 0.05) is 12.6 Å². The monoisotopic (exact) mass is 394 g/mol. The second-order valence-corrected chi connectivity index (χ2v) is 7.91. The molecule has 0 bridgehead atoms. The van der Waals surface area contributed by atoms with Crippen LogP contribution in [0.5, 0.6) is 0 Å². The van der Waals surface area contributed by atoms with Crippen molar-refractivity contribution in [1.82, 2.24) is 10.2 Å². The van der Waals surface area contributed by atoms with Crippen molar-refractivity contribution in [2.75, 3.05) is 0 Å². The smallest absolute Gasteiger partial charge is 0.243 e. The average molecular weight is 395 g/mol. The predicted octanol–water partition coefficient (Wildman–Crippen LogP) is 4.57. The van der Waals surface area contributed by atoms with Crippen LogP contribution in [0.2, 0.25) is 0 Å². The molecule has 29 heavy (non-hydrogen) atoms. The number of hydrogen-bond donors (Lipinski definition) is 1. The first-order chi connectivity index (χ1) is 13.8. The number of nitrogens with zero attached hydrogens (tertiary/aromatic N) is 1. The maximum Gasteiger partial charge on any atom is 0.243 e. The van der Waals surface area contributed by atoms with E-state index >= 15 is 0 Å². The number of carbonyl (C=O) groups excluding carboxylic acids is 2. The summed E-state index contributed by atoms with van der Waals surface area (Å²) in [6.07, 6.45) is 1.73. The van der Waals surface area contributed by atoms with E-state index in [1.54, 1.807) is 4.90 Å². The SMILES string of the molecule is CC[C@H](C(=O)N[C@@H](C)CC)N(Cc1cccc(C)c1)C(=O)Cc1ccc(C)cc1. The lowest BCUT2D eigenvalue weighted by Crippen LogP contribution is -2.51. The van der Waals surface area contributed by atoms with Gasteiger partial charge in [-0.3, -0.25) is 9.59 Å². The molecule has 2 aromatic carbocycles. The molecule has 1 N–H and O–H groups in total. The number of nitrogens with one attached hydrogen (secondary N) is 1. The molecule has 0 saturated heterocycles. The molecule has 0 heterocycles. The van der Waals surface area contributed by atoms with Crippen LogP contribution >= 0.6 is 0 Å². The van der Waals surface area contributed by atoms with Gasteiger partial charge in [0.05, 0.1) is 6.42 Å². The first-order valence-electron chi connectivity index (χ1n) is 10.5. The van der Waals surface area contributed by atoms with Gasteiger partial charge in [-0.1, -0.05) is 73.5 Å². The minimum atomic E-state index is -0.484. The van der Waals surface area contributed by atoms with E-state index in [4.69, 9.17) is 0 Å². The highest BCUT2D eigenvalue weighted by atomic mass is 16.2. The van der Waals surface area contributed by atoms with E-state index in [1.165, 1.54) is 0 Å². The Labute approximate surface area is 175 Å². The largest absolute Gasteiger partial charge is 0.352 e. The number of hydrogen-bond acceptors (Lipinski definition) is 2. The Morgan fingerprint density at radius 3 is 2.21 bits per heavy atom. The van der Waals surface area contributed by atoms with E-state index < -0.39 is 6.04 Å². The van der Waals surface area contributed by atoms with Gasteiger partial charge in [-0.15, -0.1) is 0 Å². The quantitative estimate of drug-likeness (QED) is 0.677. The van der Waals surface area contributed by atoms with E-state index in [0.717, 1.165) is 28.7 Å². The Hall–Kier alpha value is -2.62. The summed E-state index contributed by atoms with van der Waals surface area (Å²) in [7, 11) is 0. The average Bonchev–Trinajstić information content (AvgIpc) is 2.69. The summed E-state index contributed by atoms with van der Waals surface area (Å²) >= 11 is 0. The summed E-state index contributed by atoms with van der Waals surface area (Å²) in [6, 6.07) is 15.7. The predicted molar refractivity (Wildman–Crippen MR) is 119 cm³/mol. The maximum absolute atomic E-state index is 13.3. The Morgan fingerprint density at radius 1 is 0.931 bits per heavy atom. The van der Waals surface area contributed by atoms with Crippen LogP contribution in [-0.4, -0.2) is 28.8 Å². The van der Waals surface area contributed by atoms with Gasteiger partial charge in [-0.25, -0.2) is 0 Å². The van der Waals surface area contributed by atoms with Crippen molar-refractivity contribution in [3.63, 3.8) is 0 Å². The summed E-state index contributed by atoms with van der Waals surface area (Å²) in [5.74, 6) is -0.103. The van der Waals surface area contributed by atoms with Gasteiger partial charge >= 0.3 is 0 Å². The zero-order chi connectivity index (χ0) is 21.4. The molecule has 0 spiro atoms. The Kier molecular flexibility index (Phi) is 8.44. The molecule has 156 valence electrons. The third kappa shape index (κ3) is 6.74. The maximum atomic E-state index is 13.3. The van der Waals surface area contributed by atoms with Gasteiger partial charge in [0.2, 0.25) is 11.8 Å². The Balaban J connectivity index is 2.28. The fraction of sp³-hybridized carbons (Fsp3) is 0.440. The first kappa shape index (κ1) is 22.7. The third-order valence-corrected chi connectivity index (χ3v) is 5.30. The molecule has 0 aromatic heterocycles. The van der Waals surface area contributed by atoms with Crippen molar-refractivity contribution in [3.8, 4) is 0 Å². The van der Waals surface area contributed by atoms with Crippen LogP contribution < -0.4 is 5.32 Å². The molecular formula is C25H34N2O2. The second kappa shape index (κ2) is 10.8. The molecule has 4 heteroatoms. The summed E-state index contributed by atoms with van der Waals surface area (Å²) < 4.78 is 0. The van der Waals surface area contributed by atoms with Crippen LogP contribution in [0.25, 0.3) is 0 Å². The van der Waals surface area contributed by atoms with E-state index in [1.807, 2.05) is 77.1 Å². The molecule has 0 saturated carbocycles. The van der Waals surface area contributed by atoms with Gasteiger partial charge in [0.25, 0.3) is 0 Å². The highest BCUT2D eigenvalue weighted by Gasteiger charge is 2.29. The van der Waals surface area contributed by atoms with Gasteiger partial charge in [-0.2, -0.15) is 0 Å². The molecular weight excluding hydrogens is 360 g/mol. The molecule has 2 rings (SSSR count). The first-order valence-corrected chi connectivity index (χ1v) is 10.5.